The summed E-state index contributed by atoms with van der Waals surface area (Å²) in [5.74, 6) is 1.25. The van der Waals surface area contributed by atoms with Crippen LogP contribution in [0.25, 0.3) is 11.0 Å². The minimum absolute atomic E-state index is 0.0255. The number of ether oxygens (including phenoxy) is 1. The molecule has 1 atom stereocenters. The van der Waals surface area contributed by atoms with E-state index in [-0.39, 0.29) is 6.04 Å². The zero-order valence-electron chi connectivity index (χ0n) is 24.0. The largest absolute Gasteiger partial charge is 0.380 e. The Morgan fingerprint density at radius 2 is 1.93 bits per heavy atom. The molecule has 40 heavy (non-hydrogen) atoms. The second-order valence-corrected chi connectivity index (χ2v) is 20.8. The van der Waals surface area contributed by atoms with Crippen LogP contribution in [0.5, 0.6) is 0 Å². The van der Waals surface area contributed by atoms with Gasteiger partial charge in [-0.15, -0.1) is 10.2 Å². The third-order valence-electron chi connectivity index (χ3n) is 7.61. The topological polar surface area (TPSA) is 113 Å². The molecule has 1 saturated heterocycles. The fourth-order valence-corrected chi connectivity index (χ4v) is 7.93. The van der Waals surface area contributed by atoms with Crippen LogP contribution in [0.3, 0.4) is 0 Å². The van der Waals surface area contributed by atoms with E-state index < -0.39 is 18.1 Å². The molecule has 1 aliphatic carbocycles. The number of hydrogen-bond donors (Lipinski definition) is 1. The standard InChI is InChI=1S/C27H41N7O3S2Si/c1-39(35,36)33-13-7-10-21(18-33)29-22-16-24-23(28-17-22)11-12-25(30-24)34(19-37-14-15-40(2,3)4)27-32-31-26(38-27)20-8-5-6-9-20/h11-12,16-17,20-21,29H,5-10,13-15,18-19H2,1-4H3. The van der Waals surface area contributed by atoms with E-state index in [1.165, 1.54) is 31.9 Å². The third kappa shape index (κ3) is 7.55. The van der Waals surface area contributed by atoms with Gasteiger partial charge in [0.25, 0.3) is 0 Å². The van der Waals surface area contributed by atoms with Crippen LogP contribution in [-0.2, 0) is 14.8 Å². The lowest BCUT2D eigenvalue weighted by Crippen LogP contribution is -2.44. The molecule has 0 aromatic carbocycles. The van der Waals surface area contributed by atoms with Gasteiger partial charge in [0.2, 0.25) is 15.2 Å². The van der Waals surface area contributed by atoms with Crippen LogP contribution >= 0.6 is 11.3 Å². The molecule has 13 heteroatoms. The SMILES string of the molecule is C[Si](C)(C)CCOCN(c1ccc2ncc(NC3CCCN(S(C)(=O)=O)C3)cc2n1)c1nnc(C2CCCC2)s1. The monoisotopic (exact) mass is 603 g/mol. The van der Waals surface area contributed by atoms with E-state index in [9.17, 15) is 8.42 Å². The number of sulfonamides is 1. The first-order chi connectivity index (χ1) is 19.0. The van der Waals surface area contributed by atoms with Gasteiger partial charge in [0, 0.05) is 39.7 Å². The Morgan fingerprint density at radius 3 is 2.67 bits per heavy atom. The number of rotatable bonds is 11. The molecule has 4 heterocycles. The van der Waals surface area contributed by atoms with Gasteiger partial charge in [-0.25, -0.2) is 17.7 Å². The zero-order chi connectivity index (χ0) is 28.3. The first-order valence-electron chi connectivity index (χ1n) is 14.2. The lowest BCUT2D eigenvalue weighted by Gasteiger charge is -2.31. The Labute approximate surface area is 242 Å². The lowest BCUT2D eigenvalue weighted by molar-refractivity contribution is 0.153. The number of nitrogens with one attached hydrogen (secondary N) is 1. The maximum absolute atomic E-state index is 12.1. The van der Waals surface area contributed by atoms with Gasteiger partial charge in [0.05, 0.1) is 29.2 Å². The summed E-state index contributed by atoms with van der Waals surface area (Å²) < 4.78 is 31.8. The highest BCUT2D eigenvalue weighted by atomic mass is 32.2. The predicted molar refractivity (Wildman–Crippen MR) is 165 cm³/mol. The Kier molecular flexibility index (Phi) is 9.05. The van der Waals surface area contributed by atoms with Crippen LogP contribution in [0.4, 0.5) is 16.6 Å². The number of anilines is 3. The highest BCUT2D eigenvalue weighted by Gasteiger charge is 2.27. The minimum Gasteiger partial charge on any atom is -0.380 e. The van der Waals surface area contributed by atoms with Crippen molar-refractivity contribution in [3.05, 3.63) is 29.4 Å². The van der Waals surface area contributed by atoms with Crippen LogP contribution in [0, 0.1) is 0 Å². The molecule has 3 aromatic rings. The molecule has 1 saturated carbocycles. The Balaban J connectivity index is 1.37. The molecule has 0 amide bonds. The molecule has 1 unspecified atom stereocenters. The molecule has 2 aliphatic rings. The highest BCUT2D eigenvalue weighted by molar-refractivity contribution is 7.88. The van der Waals surface area contributed by atoms with E-state index in [2.05, 4.69) is 40.1 Å². The van der Waals surface area contributed by atoms with Crippen molar-refractivity contribution in [1.82, 2.24) is 24.5 Å². The normalized spacial score (nSPS) is 19.4. The Morgan fingerprint density at radius 1 is 1.12 bits per heavy atom. The summed E-state index contributed by atoms with van der Waals surface area (Å²) in [6, 6.07) is 7.04. The van der Waals surface area contributed by atoms with Gasteiger partial charge < -0.3 is 10.1 Å². The number of aromatic nitrogens is 4. The van der Waals surface area contributed by atoms with Crippen LogP contribution in [-0.4, -0.2) is 79.7 Å². The quantitative estimate of drug-likeness (QED) is 0.174. The fraction of sp³-hybridized carbons (Fsp3) is 0.630. The van der Waals surface area contributed by atoms with Gasteiger partial charge in [-0.1, -0.05) is 43.8 Å². The zero-order valence-corrected chi connectivity index (χ0v) is 26.6. The average molecular weight is 604 g/mol. The summed E-state index contributed by atoms with van der Waals surface area (Å²) in [5.41, 5.74) is 2.37. The van der Waals surface area contributed by atoms with Gasteiger partial charge in [0.1, 0.15) is 17.6 Å². The maximum Gasteiger partial charge on any atom is 0.215 e. The molecule has 1 N–H and O–H groups in total. The van der Waals surface area contributed by atoms with Crippen molar-refractivity contribution in [2.75, 3.05) is 42.9 Å². The van der Waals surface area contributed by atoms with Crippen molar-refractivity contribution in [1.29, 1.82) is 0 Å². The van der Waals surface area contributed by atoms with Crippen LogP contribution in [0.1, 0.15) is 49.5 Å². The number of hydrogen-bond acceptors (Lipinski definition) is 10. The van der Waals surface area contributed by atoms with E-state index in [1.54, 1.807) is 21.8 Å². The number of nitrogens with zero attached hydrogens (tertiary/aromatic N) is 6. The summed E-state index contributed by atoms with van der Waals surface area (Å²) in [5, 5.41) is 14.5. The number of fused-ring (bicyclic) bond motifs is 1. The molecule has 3 aromatic heterocycles. The summed E-state index contributed by atoms with van der Waals surface area (Å²) in [6.07, 6.45) is 9.66. The Bertz CT molecular complexity index is 1410. The summed E-state index contributed by atoms with van der Waals surface area (Å²) >= 11 is 1.64. The molecule has 1 aliphatic heterocycles. The summed E-state index contributed by atoms with van der Waals surface area (Å²) in [6.45, 7) is 9.13. The molecule has 0 spiro atoms. The van der Waals surface area contributed by atoms with E-state index >= 15 is 0 Å². The van der Waals surface area contributed by atoms with Gasteiger partial charge in [-0.05, 0) is 49.9 Å². The fourth-order valence-electron chi connectivity index (χ4n) is 5.25. The van der Waals surface area contributed by atoms with Crippen molar-refractivity contribution in [3.63, 3.8) is 0 Å². The number of piperidine rings is 1. The van der Waals surface area contributed by atoms with Gasteiger partial charge in [-0.3, -0.25) is 9.88 Å². The molecular weight excluding hydrogens is 563 g/mol. The second-order valence-electron chi connectivity index (χ2n) is 12.2. The molecule has 10 nitrogen and oxygen atoms in total. The molecule has 5 rings (SSSR count). The molecule has 2 fully saturated rings. The first kappa shape index (κ1) is 29.3. The van der Waals surface area contributed by atoms with E-state index in [4.69, 9.17) is 9.72 Å². The van der Waals surface area contributed by atoms with Gasteiger partial charge >= 0.3 is 0 Å². The summed E-state index contributed by atoms with van der Waals surface area (Å²) in [4.78, 5) is 11.6. The first-order valence-corrected chi connectivity index (χ1v) is 20.6. The second kappa shape index (κ2) is 12.4. The van der Waals surface area contributed by atoms with Gasteiger partial charge in [-0.2, -0.15) is 0 Å². The van der Waals surface area contributed by atoms with Crippen molar-refractivity contribution < 1.29 is 13.2 Å². The van der Waals surface area contributed by atoms with Crippen LogP contribution in [0.15, 0.2) is 24.4 Å². The number of pyridine rings is 2. The lowest BCUT2D eigenvalue weighted by atomic mass is 10.1. The third-order valence-corrected chi connectivity index (χ3v) is 11.7. The molecule has 0 radical (unpaired) electrons. The van der Waals surface area contributed by atoms with Crippen molar-refractivity contribution in [2.24, 2.45) is 0 Å². The van der Waals surface area contributed by atoms with Crippen molar-refractivity contribution in [3.8, 4) is 0 Å². The minimum atomic E-state index is -3.21. The van der Waals surface area contributed by atoms with E-state index in [0.717, 1.165) is 51.6 Å². The maximum atomic E-state index is 12.1. The summed E-state index contributed by atoms with van der Waals surface area (Å²) in [7, 11) is -4.42. The van der Waals surface area contributed by atoms with Crippen molar-refractivity contribution >= 4 is 57.1 Å². The smallest absolute Gasteiger partial charge is 0.215 e. The average Bonchev–Trinajstić information content (AvgIpc) is 3.60. The van der Waals surface area contributed by atoms with Crippen molar-refractivity contribution in [2.45, 2.75) is 76.2 Å². The molecule has 0 bridgehead atoms. The van der Waals surface area contributed by atoms with E-state index in [0.29, 0.717) is 32.3 Å². The predicted octanol–water partition coefficient (Wildman–Crippen LogP) is 5.43. The van der Waals surface area contributed by atoms with Crippen LogP contribution in [0.2, 0.25) is 25.7 Å². The highest BCUT2D eigenvalue weighted by Crippen LogP contribution is 2.38. The molecular formula is C27H41N7O3S2Si. The Hall–Kier alpha value is -2.19. The van der Waals surface area contributed by atoms with Gasteiger partial charge in [0.15, 0.2) is 0 Å². The van der Waals surface area contributed by atoms with Crippen LogP contribution < -0.4 is 10.2 Å². The van der Waals surface area contributed by atoms with E-state index in [1.807, 2.05) is 23.1 Å². The molecule has 218 valence electrons.